The zero-order valence-corrected chi connectivity index (χ0v) is 17.9. The van der Waals surface area contributed by atoms with Crippen LogP contribution in [0.5, 0.6) is 0 Å². The molecule has 0 radical (unpaired) electrons. The van der Waals surface area contributed by atoms with E-state index in [4.69, 9.17) is 10.5 Å². The Labute approximate surface area is 180 Å². The van der Waals surface area contributed by atoms with Crippen LogP contribution in [0.3, 0.4) is 0 Å². The van der Waals surface area contributed by atoms with E-state index in [9.17, 15) is 14.0 Å². The Balaban J connectivity index is 1.52. The maximum Gasteiger partial charge on any atom is 0.404 e. The molecule has 2 aliphatic rings. The number of fused-ring (bicyclic) bond motifs is 1. The first kappa shape index (κ1) is 21.3. The summed E-state index contributed by atoms with van der Waals surface area (Å²) in [5, 5.41) is 7.22. The molecular weight excluding hydrogens is 401 g/mol. The van der Waals surface area contributed by atoms with Crippen LogP contribution in [0.2, 0.25) is 0 Å². The first-order chi connectivity index (χ1) is 14.7. The van der Waals surface area contributed by atoms with Crippen molar-refractivity contribution in [2.45, 2.75) is 65.0 Å². The number of aryl methyl sites for hydroxylation is 1. The van der Waals surface area contributed by atoms with Crippen LogP contribution in [0.25, 0.3) is 11.1 Å². The molecule has 4 rings (SSSR count). The van der Waals surface area contributed by atoms with Crippen LogP contribution in [-0.2, 0) is 22.5 Å². The number of amides is 2. The Morgan fingerprint density at radius 3 is 2.87 bits per heavy atom. The number of hydrogen-bond donors (Lipinski definition) is 2. The summed E-state index contributed by atoms with van der Waals surface area (Å²) in [7, 11) is 0. The third-order valence-corrected chi connectivity index (χ3v) is 6.27. The molecule has 3 heterocycles. The lowest BCUT2D eigenvalue weighted by atomic mass is 9.81. The predicted molar refractivity (Wildman–Crippen MR) is 113 cm³/mol. The van der Waals surface area contributed by atoms with Gasteiger partial charge >= 0.3 is 6.09 Å². The van der Waals surface area contributed by atoms with E-state index in [0.29, 0.717) is 24.8 Å². The summed E-state index contributed by atoms with van der Waals surface area (Å²) in [6, 6.07) is 1.56. The van der Waals surface area contributed by atoms with Crippen molar-refractivity contribution < 1.29 is 18.7 Å². The molecule has 0 bridgehead atoms. The van der Waals surface area contributed by atoms with Crippen molar-refractivity contribution in [3.63, 3.8) is 0 Å². The first-order valence-electron chi connectivity index (χ1n) is 10.7. The number of rotatable bonds is 4. The fraction of sp³-hybridized carbons (Fsp3) is 0.545. The number of nitrogens with zero attached hydrogens (tertiary/aromatic N) is 3. The van der Waals surface area contributed by atoms with Crippen molar-refractivity contribution in [1.82, 2.24) is 14.8 Å². The average Bonchev–Trinajstić information content (AvgIpc) is 3.10. The van der Waals surface area contributed by atoms with Gasteiger partial charge in [0.2, 0.25) is 5.91 Å². The Morgan fingerprint density at radius 2 is 2.10 bits per heavy atom. The minimum atomic E-state index is -0.830. The van der Waals surface area contributed by atoms with Gasteiger partial charge in [0.15, 0.2) is 0 Å². The number of nitrogens with two attached hydrogens (primary N) is 1. The molecule has 8 nitrogen and oxygen atoms in total. The molecular formula is C22H28FN5O3. The van der Waals surface area contributed by atoms with E-state index in [-0.39, 0.29) is 29.2 Å². The molecule has 2 aromatic heterocycles. The van der Waals surface area contributed by atoms with Gasteiger partial charge in [-0.05, 0) is 50.0 Å². The molecule has 0 unspecified atom stereocenters. The highest BCUT2D eigenvalue weighted by atomic mass is 19.1. The molecule has 2 atom stereocenters. The van der Waals surface area contributed by atoms with Crippen LogP contribution in [0.4, 0.5) is 15.0 Å². The molecule has 0 saturated heterocycles. The van der Waals surface area contributed by atoms with Crippen molar-refractivity contribution in [2.24, 2.45) is 17.1 Å². The molecule has 1 fully saturated rings. The summed E-state index contributed by atoms with van der Waals surface area (Å²) in [4.78, 5) is 27.8. The normalized spacial score (nSPS) is 22.4. The summed E-state index contributed by atoms with van der Waals surface area (Å²) in [6.45, 7) is 5.19. The summed E-state index contributed by atoms with van der Waals surface area (Å²) in [5.41, 5.74) is 7.32. The van der Waals surface area contributed by atoms with Gasteiger partial charge in [-0.3, -0.25) is 9.48 Å². The SMILES string of the molecule is CC1(C)CCn2ncc(-c3cc(NC(=O)[C@H]4CCC[C@@H](OC(N)=O)C4)ncc3F)c2C1. The Hall–Kier alpha value is -2.97. The standard InChI is InChI=1S/C22H28FN5O3/c1-22(2)6-7-28-18(10-22)16(11-26-28)15-9-19(25-12-17(15)23)27-20(29)13-4-3-5-14(8-13)31-21(24)30/h9,11-14H,3-8,10H2,1-2H3,(H2,24,30)(H,25,27,29)/t13-,14+/m0/s1. The lowest BCUT2D eigenvalue weighted by Crippen LogP contribution is -2.33. The third kappa shape index (κ3) is 4.70. The third-order valence-electron chi connectivity index (χ3n) is 6.27. The Morgan fingerprint density at radius 1 is 1.29 bits per heavy atom. The van der Waals surface area contributed by atoms with E-state index in [1.807, 2.05) is 4.68 Å². The second-order valence-electron chi connectivity index (χ2n) is 9.28. The van der Waals surface area contributed by atoms with Crippen LogP contribution >= 0.6 is 0 Å². The minimum Gasteiger partial charge on any atom is -0.446 e. The molecule has 9 heteroatoms. The van der Waals surface area contributed by atoms with Gasteiger partial charge in [0.1, 0.15) is 17.7 Å². The van der Waals surface area contributed by atoms with Crippen molar-refractivity contribution in [1.29, 1.82) is 0 Å². The highest BCUT2D eigenvalue weighted by Gasteiger charge is 2.31. The molecule has 0 spiro atoms. The fourth-order valence-corrected chi connectivity index (χ4v) is 4.56. The largest absolute Gasteiger partial charge is 0.446 e. The molecule has 0 aromatic carbocycles. The van der Waals surface area contributed by atoms with E-state index in [1.54, 1.807) is 12.3 Å². The zero-order valence-electron chi connectivity index (χ0n) is 17.9. The monoisotopic (exact) mass is 429 g/mol. The number of anilines is 1. The van der Waals surface area contributed by atoms with Gasteiger partial charge in [0.25, 0.3) is 0 Å². The average molecular weight is 429 g/mol. The number of carbonyl (C=O) groups is 2. The van der Waals surface area contributed by atoms with Gasteiger partial charge in [0.05, 0.1) is 12.4 Å². The first-order valence-corrected chi connectivity index (χ1v) is 10.7. The van der Waals surface area contributed by atoms with E-state index in [0.717, 1.165) is 43.3 Å². The smallest absolute Gasteiger partial charge is 0.404 e. The van der Waals surface area contributed by atoms with Crippen LogP contribution in [0.15, 0.2) is 18.5 Å². The zero-order chi connectivity index (χ0) is 22.2. The van der Waals surface area contributed by atoms with Crippen LogP contribution in [0, 0.1) is 17.2 Å². The number of primary amides is 1. The van der Waals surface area contributed by atoms with Gasteiger partial charge in [-0.2, -0.15) is 5.10 Å². The number of ether oxygens (including phenoxy) is 1. The quantitative estimate of drug-likeness (QED) is 0.770. The lowest BCUT2D eigenvalue weighted by molar-refractivity contribution is -0.122. The van der Waals surface area contributed by atoms with Crippen LogP contribution in [0.1, 0.15) is 51.6 Å². The number of aromatic nitrogens is 3. The Bertz CT molecular complexity index is 1000. The number of halogens is 1. The maximum absolute atomic E-state index is 14.7. The molecule has 2 amide bonds. The lowest BCUT2D eigenvalue weighted by Gasteiger charge is -2.30. The Kier molecular flexibility index (Phi) is 5.68. The highest BCUT2D eigenvalue weighted by molar-refractivity contribution is 5.92. The topological polar surface area (TPSA) is 112 Å². The van der Waals surface area contributed by atoms with E-state index < -0.39 is 11.9 Å². The van der Waals surface area contributed by atoms with Crippen molar-refractivity contribution in [3.05, 3.63) is 30.0 Å². The number of nitrogens with one attached hydrogen (secondary N) is 1. The second-order valence-corrected chi connectivity index (χ2v) is 9.28. The van der Waals surface area contributed by atoms with Crippen molar-refractivity contribution in [3.8, 4) is 11.1 Å². The van der Waals surface area contributed by atoms with Gasteiger partial charge in [-0.1, -0.05) is 13.8 Å². The van der Waals surface area contributed by atoms with E-state index in [2.05, 4.69) is 29.2 Å². The molecule has 3 N–H and O–H groups in total. The summed E-state index contributed by atoms with van der Waals surface area (Å²) < 4.78 is 21.7. The summed E-state index contributed by atoms with van der Waals surface area (Å²) >= 11 is 0. The number of hydrogen-bond acceptors (Lipinski definition) is 5. The summed E-state index contributed by atoms with van der Waals surface area (Å²) in [5.74, 6) is -0.710. The highest BCUT2D eigenvalue weighted by Crippen LogP contribution is 2.37. The number of carbonyl (C=O) groups excluding carboxylic acids is 2. The van der Waals surface area contributed by atoms with E-state index >= 15 is 0 Å². The number of pyridine rings is 1. The van der Waals surface area contributed by atoms with Crippen LogP contribution < -0.4 is 11.1 Å². The molecule has 1 aliphatic heterocycles. The van der Waals surface area contributed by atoms with Gasteiger partial charge < -0.3 is 15.8 Å². The molecule has 2 aromatic rings. The second kappa shape index (κ2) is 8.28. The van der Waals surface area contributed by atoms with Gasteiger partial charge in [0, 0.05) is 29.3 Å². The van der Waals surface area contributed by atoms with Gasteiger partial charge in [-0.15, -0.1) is 0 Å². The van der Waals surface area contributed by atoms with Crippen LogP contribution in [-0.4, -0.2) is 32.9 Å². The minimum absolute atomic E-state index is 0.121. The molecule has 166 valence electrons. The molecule has 1 aliphatic carbocycles. The molecule has 1 saturated carbocycles. The van der Waals surface area contributed by atoms with Gasteiger partial charge in [-0.25, -0.2) is 14.2 Å². The van der Waals surface area contributed by atoms with E-state index in [1.165, 1.54) is 0 Å². The predicted octanol–water partition coefficient (Wildman–Crippen LogP) is 3.65. The summed E-state index contributed by atoms with van der Waals surface area (Å²) in [6.07, 6.45) is 5.99. The molecule has 31 heavy (non-hydrogen) atoms. The van der Waals surface area contributed by atoms with Crippen molar-refractivity contribution in [2.75, 3.05) is 5.32 Å². The fourth-order valence-electron chi connectivity index (χ4n) is 4.56. The van der Waals surface area contributed by atoms with Crippen molar-refractivity contribution >= 4 is 17.8 Å². The maximum atomic E-state index is 14.7.